The Hall–Kier alpha value is -1.20. The van der Waals surface area contributed by atoms with E-state index in [1.165, 1.54) is 11.8 Å². The van der Waals surface area contributed by atoms with E-state index in [9.17, 15) is 4.79 Å². The van der Waals surface area contributed by atoms with Gasteiger partial charge in [-0.3, -0.25) is 14.7 Å². The highest BCUT2D eigenvalue weighted by Crippen LogP contribution is 2.27. The number of hydrogen-bond donors (Lipinski definition) is 0. The number of amides is 1. The molecule has 0 saturated carbocycles. The van der Waals surface area contributed by atoms with Gasteiger partial charge in [0.1, 0.15) is 0 Å². The number of halogens is 3. The molecule has 24 heavy (non-hydrogen) atoms. The Kier molecular flexibility index (Phi) is 5.72. The molecule has 2 aromatic rings. The van der Waals surface area contributed by atoms with E-state index < -0.39 is 0 Å². The summed E-state index contributed by atoms with van der Waals surface area (Å²) >= 11 is 19.7. The average molecular weight is 400 g/mol. The van der Waals surface area contributed by atoms with E-state index in [0.717, 1.165) is 5.56 Å². The van der Waals surface area contributed by atoms with E-state index in [0.29, 0.717) is 44.6 Å². The Morgan fingerprint density at radius 1 is 1.12 bits per heavy atom. The first kappa shape index (κ1) is 17.6. The average Bonchev–Trinajstić information content (AvgIpc) is 3.02. The SMILES string of the molecule is O=C(c1ccc(Cl)cc1Cl)N1CCN=C1SCc1ccccc1Cl. The van der Waals surface area contributed by atoms with E-state index >= 15 is 0 Å². The lowest BCUT2D eigenvalue weighted by Crippen LogP contribution is -2.33. The van der Waals surface area contributed by atoms with Gasteiger partial charge in [-0.1, -0.05) is 64.8 Å². The van der Waals surface area contributed by atoms with Gasteiger partial charge in [-0.15, -0.1) is 0 Å². The molecule has 1 aliphatic heterocycles. The molecule has 0 saturated heterocycles. The quantitative estimate of drug-likeness (QED) is 0.693. The predicted octanol–water partition coefficient (Wildman–Crippen LogP) is 5.39. The third-order valence-electron chi connectivity index (χ3n) is 3.52. The van der Waals surface area contributed by atoms with Crippen LogP contribution in [0.4, 0.5) is 0 Å². The van der Waals surface area contributed by atoms with Crippen molar-refractivity contribution in [3.05, 3.63) is 68.7 Å². The molecule has 0 bridgehead atoms. The molecule has 0 unspecified atom stereocenters. The van der Waals surface area contributed by atoms with Crippen molar-refractivity contribution in [2.24, 2.45) is 4.99 Å². The van der Waals surface area contributed by atoms with Crippen LogP contribution in [0.5, 0.6) is 0 Å². The van der Waals surface area contributed by atoms with Crippen LogP contribution in [0.1, 0.15) is 15.9 Å². The fraction of sp³-hybridized carbons (Fsp3) is 0.176. The second-order valence-corrected chi connectivity index (χ2v) is 7.32. The Morgan fingerprint density at radius 3 is 2.67 bits per heavy atom. The second-order valence-electron chi connectivity index (χ2n) is 5.13. The monoisotopic (exact) mass is 398 g/mol. The lowest BCUT2D eigenvalue weighted by atomic mass is 10.2. The zero-order chi connectivity index (χ0) is 17.1. The van der Waals surface area contributed by atoms with Crippen molar-refractivity contribution in [3.63, 3.8) is 0 Å². The maximum atomic E-state index is 12.7. The minimum absolute atomic E-state index is 0.167. The summed E-state index contributed by atoms with van der Waals surface area (Å²) in [7, 11) is 0. The number of hydrogen-bond acceptors (Lipinski definition) is 3. The van der Waals surface area contributed by atoms with Gasteiger partial charge < -0.3 is 0 Å². The van der Waals surface area contributed by atoms with Crippen molar-refractivity contribution in [3.8, 4) is 0 Å². The van der Waals surface area contributed by atoms with E-state index in [-0.39, 0.29) is 5.91 Å². The summed E-state index contributed by atoms with van der Waals surface area (Å²) in [5.41, 5.74) is 1.43. The molecule has 0 fully saturated rings. The zero-order valence-corrected chi connectivity index (χ0v) is 15.6. The summed E-state index contributed by atoms with van der Waals surface area (Å²) in [6.45, 7) is 1.13. The Labute approximate surface area is 159 Å². The number of thioether (sulfide) groups is 1. The van der Waals surface area contributed by atoms with E-state index in [4.69, 9.17) is 34.8 Å². The Bertz CT molecular complexity index is 810. The van der Waals surface area contributed by atoms with Crippen LogP contribution in [0, 0.1) is 0 Å². The van der Waals surface area contributed by atoms with Crippen LogP contribution >= 0.6 is 46.6 Å². The van der Waals surface area contributed by atoms with Crippen LogP contribution in [0.25, 0.3) is 0 Å². The molecule has 3 rings (SSSR count). The summed E-state index contributed by atoms with van der Waals surface area (Å²) in [5, 5.41) is 2.24. The number of nitrogens with zero attached hydrogens (tertiary/aromatic N) is 2. The smallest absolute Gasteiger partial charge is 0.261 e. The molecule has 7 heteroatoms. The normalized spacial score (nSPS) is 14.0. The summed E-state index contributed by atoms with van der Waals surface area (Å²) in [4.78, 5) is 18.8. The number of rotatable bonds is 3. The van der Waals surface area contributed by atoms with E-state index in [2.05, 4.69) is 4.99 Å². The largest absolute Gasteiger partial charge is 0.286 e. The molecule has 0 atom stereocenters. The molecule has 3 nitrogen and oxygen atoms in total. The fourth-order valence-electron chi connectivity index (χ4n) is 2.30. The lowest BCUT2D eigenvalue weighted by Gasteiger charge is -2.18. The summed E-state index contributed by atoms with van der Waals surface area (Å²) in [5.74, 6) is 0.482. The van der Waals surface area contributed by atoms with Crippen molar-refractivity contribution in [1.29, 1.82) is 0 Å². The van der Waals surface area contributed by atoms with Gasteiger partial charge in [-0.2, -0.15) is 0 Å². The summed E-state index contributed by atoms with van der Waals surface area (Å²) < 4.78 is 0. The first-order chi connectivity index (χ1) is 11.6. The fourth-order valence-corrected chi connectivity index (χ4v) is 4.12. The minimum atomic E-state index is -0.167. The summed E-state index contributed by atoms with van der Waals surface area (Å²) in [6.07, 6.45) is 0. The molecule has 1 heterocycles. The zero-order valence-electron chi connectivity index (χ0n) is 12.5. The molecule has 124 valence electrons. The van der Waals surface area contributed by atoms with Gasteiger partial charge >= 0.3 is 0 Å². The first-order valence-corrected chi connectivity index (χ1v) is 9.36. The van der Waals surface area contributed by atoms with Crippen molar-refractivity contribution in [2.45, 2.75) is 5.75 Å². The molecule has 0 aromatic heterocycles. The maximum absolute atomic E-state index is 12.7. The predicted molar refractivity (Wildman–Crippen MR) is 103 cm³/mol. The van der Waals surface area contributed by atoms with Crippen LogP contribution in [0.2, 0.25) is 15.1 Å². The Balaban J connectivity index is 1.73. The number of carbonyl (C=O) groups excluding carboxylic acids is 1. The van der Waals surface area contributed by atoms with Crippen LogP contribution in [0.15, 0.2) is 47.5 Å². The number of carbonyl (C=O) groups is 1. The van der Waals surface area contributed by atoms with Crippen molar-refractivity contribution in [2.75, 3.05) is 13.1 Å². The molecule has 0 spiro atoms. The highest BCUT2D eigenvalue weighted by molar-refractivity contribution is 8.13. The van der Waals surface area contributed by atoms with Crippen LogP contribution in [-0.2, 0) is 5.75 Å². The van der Waals surface area contributed by atoms with Gasteiger partial charge in [-0.25, -0.2) is 0 Å². The van der Waals surface area contributed by atoms with Gasteiger partial charge in [0.25, 0.3) is 5.91 Å². The Morgan fingerprint density at radius 2 is 1.92 bits per heavy atom. The molecule has 0 aliphatic carbocycles. The second kappa shape index (κ2) is 7.79. The third kappa shape index (κ3) is 3.89. The molecule has 0 radical (unpaired) electrons. The number of amidine groups is 1. The standard InChI is InChI=1S/C17H13Cl3N2OS/c18-12-5-6-13(15(20)9-12)16(23)22-8-7-21-17(22)24-10-11-3-1-2-4-14(11)19/h1-6,9H,7-8,10H2. The van der Waals surface area contributed by atoms with Gasteiger partial charge in [0.2, 0.25) is 0 Å². The molecule has 2 aromatic carbocycles. The molecule has 1 aliphatic rings. The number of benzene rings is 2. The van der Waals surface area contributed by atoms with Gasteiger partial charge in [0, 0.05) is 22.3 Å². The number of aliphatic imine (C=N–C) groups is 1. The van der Waals surface area contributed by atoms with Crippen molar-refractivity contribution >= 4 is 57.6 Å². The highest BCUT2D eigenvalue weighted by Gasteiger charge is 2.26. The van der Waals surface area contributed by atoms with Gasteiger partial charge in [-0.05, 0) is 29.8 Å². The third-order valence-corrected chi connectivity index (χ3v) is 5.50. The van der Waals surface area contributed by atoms with Crippen LogP contribution in [0.3, 0.4) is 0 Å². The van der Waals surface area contributed by atoms with Crippen LogP contribution in [-0.4, -0.2) is 29.1 Å². The topological polar surface area (TPSA) is 32.7 Å². The van der Waals surface area contributed by atoms with E-state index in [1.54, 1.807) is 23.1 Å². The molecular formula is C17H13Cl3N2OS. The van der Waals surface area contributed by atoms with E-state index in [1.807, 2.05) is 24.3 Å². The molecular weight excluding hydrogens is 387 g/mol. The van der Waals surface area contributed by atoms with Crippen molar-refractivity contribution in [1.82, 2.24) is 4.90 Å². The van der Waals surface area contributed by atoms with Crippen molar-refractivity contribution < 1.29 is 4.79 Å². The van der Waals surface area contributed by atoms with Gasteiger partial charge in [0.05, 0.1) is 17.1 Å². The maximum Gasteiger partial charge on any atom is 0.261 e. The molecule has 0 N–H and O–H groups in total. The first-order valence-electron chi connectivity index (χ1n) is 7.24. The summed E-state index contributed by atoms with van der Waals surface area (Å²) in [6, 6.07) is 12.5. The molecule has 1 amide bonds. The van der Waals surface area contributed by atoms with Gasteiger partial charge in [0.15, 0.2) is 5.17 Å². The highest BCUT2D eigenvalue weighted by atomic mass is 35.5. The lowest BCUT2D eigenvalue weighted by molar-refractivity contribution is 0.0861. The van der Waals surface area contributed by atoms with Crippen LogP contribution < -0.4 is 0 Å². The minimum Gasteiger partial charge on any atom is -0.286 e.